The van der Waals surface area contributed by atoms with E-state index in [1.165, 1.54) is 18.2 Å². The number of ether oxygens (including phenoxy) is 2. The van der Waals surface area contributed by atoms with Gasteiger partial charge in [-0.2, -0.15) is 0 Å². The molecule has 3 rings (SSSR count). The maximum absolute atomic E-state index is 12.6. The van der Waals surface area contributed by atoms with Gasteiger partial charge in [-0.25, -0.2) is 4.79 Å². The van der Waals surface area contributed by atoms with Crippen molar-refractivity contribution in [3.63, 3.8) is 0 Å². The topological polar surface area (TPSA) is 113 Å². The molecule has 0 bridgehead atoms. The lowest BCUT2D eigenvalue weighted by atomic mass is 9.71. The SMILES string of the molecule is CCOC(=O)C1C(=O)CC2=C(C(=O)OC2)C1c1ccccc1[N+](=O)[O-]. The van der Waals surface area contributed by atoms with Crippen molar-refractivity contribution >= 4 is 23.4 Å². The molecule has 2 atom stereocenters. The van der Waals surface area contributed by atoms with Crippen LogP contribution in [0.25, 0.3) is 0 Å². The van der Waals surface area contributed by atoms with Gasteiger partial charge in [0.15, 0.2) is 5.78 Å². The van der Waals surface area contributed by atoms with Crippen molar-refractivity contribution in [2.45, 2.75) is 19.3 Å². The summed E-state index contributed by atoms with van der Waals surface area (Å²) in [4.78, 5) is 47.9. The molecule has 2 unspecified atom stereocenters. The van der Waals surface area contributed by atoms with Crippen molar-refractivity contribution in [1.82, 2.24) is 0 Å². The summed E-state index contributed by atoms with van der Waals surface area (Å²) in [5.74, 6) is -4.25. The molecule has 1 heterocycles. The Morgan fingerprint density at radius 1 is 1.36 bits per heavy atom. The fourth-order valence-corrected chi connectivity index (χ4v) is 3.37. The number of carbonyl (C=O) groups excluding carboxylic acids is 3. The molecule has 1 aromatic rings. The number of rotatable bonds is 4. The lowest BCUT2D eigenvalue weighted by Crippen LogP contribution is -2.37. The smallest absolute Gasteiger partial charge is 0.335 e. The van der Waals surface area contributed by atoms with E-state index in [0.717, 1.165) is 0 Å². The Balaban J connectivity index is 2.21. The van der Waals surface area contributed by atoms with Gasteiger partial charge in [0.2, 0.25) is 0 Å². The van der Waals surface area contributed by atoms with Gasteiger partial charge in [0, 0.05) is 29.5 Å². The standard InChI is InChI=1S/C17H15NO7/c1-2-24-17(21)15-12(19)7-9-8-25-16(20)13(9)14(15)10-5-3-4-6-11(10)18(22)23/h3-6,14-15H,2,7-8H2,1H3. The van der Waals surface area contributed by atoms with Gasteiger partial charge in [-0.1, -0.05) is 18.2 Å². The molecule has 0 amide bonds. The highest BCUT2D eigenvalue weighted by molar-refractivity contribution is 6.08. The van der Waals surface area contributed by atoms with Crippen LogP contribution >= 0.6 is 0 Å². The molecule has 25 heavy (non-hydrogen) atoms. The van der Waals surface area contributed by atoms with Crippen molar-refractivity contribution < 1.29 is 28.8 Å². The van der Waals surface area contributed by atoms with Crippen LogP contribution in [0.4, 0.5) is 5.69 Å². The molecule has 2 aliphatic rings. The summed E-state index contributed by atoms with van der Waals surface area (Å²) >= 11 is 0. The average Bonchev–Trinajstić information content (AvgIpc) is 2.94. The Kier molecular flexibility index (Phi) is 4.35. The molecule has 0 aromatic heterocycles. The summed E-state index contributed by atoms with van der Waals surface area (Å²) in [5.41, 5.74) is 0.499. The van der Waals surface area contributed by atoms with Gasteiger partial charge < -0.3 is 9.47 Å². The fraction of sp³-hybridized carbons (Fsp3) is 0.353. The number of hydrogen-bond acceptors (Lipinski definition) is 7. The highest BCUT2D eigenvalue weighted by Gasteiger charge is 2.50. The minimum absolute atomic E-state index is 0.0351. The Bertz CT molecular complexity index is 811. The van der Waals surface area contributed by atoms with Crippen molar-refractivity contribution in [3.05, 3.63) is 51.1 Å². The molecule has 0 fully saturated rings. The van der Waals surface area contributed by atoms with E-state index in [1.807, 2.05) is 0 Å². The average molecular weight is 345 g/mol. The third-order valence-electron chi connectivity index (χ3n) is 4.37. The Morgan fingerprint density at radius 3 is 2.76 bits per heavy atom. The van der Waals surface area contributed by atoms with Crippen LogP contribution in [0.5, 0.6) is 0 Å². The van der Waals surface area contributed by atoms with E-state index in [4.69, 9.17) is 9.47 Å². The van der Waals surface area contributed by atoms with Crippen LogP contribution in [0.3, 0.4) is 0 Å². The summed E-state index contributed by atoms with van der Waals surface area (Å²) in [6.07, 6.45) is -0.0956. The predicted molar refractivity (Wildman–Crippen MR) is 83.6 cm³/mol. The first-order valence-electron chi connectivity index (χ1n) is 7.77. The van der Waals surface area contributed by atoms with Crippen molar-refractivity contribution in [3.8, 4) is 0 Å². The highest BCUT2D eigenvalue weighted by atomic mass is 16.6. The molecular weight excluding hydrogens is 330 g/mol. The molecule has 8 heteroatoms. The van der Waals surface area contributed by atoms with Crippen LogP contribution in [0, 0.1) is 16.0 Å². The van der Waals surface area contributed by atoms with Gasteiger partial charge in [-0.05, 0) is 12.5 Å². The Hall–Kier alpha value is -3.03. The summed E-state index contributed by atoms with van der Waals surface area (Å²) < 4.78 is 9.98. The minimum Gasteiger partial charge on any atom is -0.465 e. The zero-order chi connectivity index (χ0) is 18.1. The van der Waals surface area contributed by atoms with Crippen LogP contribution in [-0.2, 0) is 23.9 Å². The third kappa shape index (κ3) is 2.79. The maximum Gasteiger partial charge on any atom is 0.335 e. The van der Waals surface area contributed by atoms with E-state index in [0.29, 0.717) is 5.57 Å². The molecular formula is C17H15NO7. The van der Waals surface area contributed by atoms with Crippen molar-refractivity contribution in [2.24, 2.45) is 5.92 Å². The number of esters is 2. The third-order valence-corrected chi connectivity index (χ3v) is 4.37. The van der Waals surface area contributed by atoms with E-state index in [-0.39, 0.29) is 36.5 Å². The molecule has 8 nitrogen and oxygen atoms in total. The molecule has 0 N–H and O–H groups in total. The van der Waals surface area contributed by atoms with Crippen molar-refractivity contribution in [1.29, 1.82) is 0 Å². The lowest BCUT2D eigenvalue weighted by molar-refractivity contribution is -0.385. The van der Waals surface area contributed by atoms with Gasteiger partial charge in [0.25, 0.3) is 5.69 Å². The summed E-state index contributed by atoms with van der Waals surface area (Å²) in [5, 5.41) is 11.4. The molecule has 130 valence electrons. The van der Waals surface area contributed by atoms with E-state index in [9.17, 15) is 24.5 Å². The summed E-state index contributed by atoms with van der Waals surface area (Å²) in [6, 6.07) is 5.76. The van der Waals surface area contributed by atoms with E-state index >= 15 is 0 Å². The molecule has 0 spiro atoms. The highest BCUT2D eigenvalue weighted by Crippen LogP contribution is 2.46. The first-order valence-corrected chi connectivity index (χ1v) is 7.77. The number of ketones is 1. The molecule has 0 saturated heterocycles. The monoisotopic (exact) mass is 345 g/mol. The number of nitro groups is 1. The zero-order valence-electron chi connectivity index (χ0n) is 13.4. The number of Topliss-reactive ketones (excluding diaryl/α,β-unsaturated/α-hetero) is 1. The van der Waals surface area contributed by atoms with Crippen LogP contribution in [0.2, 0.25) is 0 Å². The number of hydrogen-bond donors (Lipinski definition) is 0. The number of cyclic esters (lactones) is 1. The van der Waals surface area contributed by atoms with Crippen LogP contribution in [0.15, 0.2) is 35.4 Å². The fourth-order valence-electron chi connectivity index (χ4n) is 3.37. The molecule has 1 aliphatic heterocycles. The number of nitrogens with zero attached hydrogens (tertiary/aromatic N) is 1. The quantitative estimate of drug-likeness (QED) is 0.353. The van der Waals surface area contributed by atoms with Crippen LogP contribution in [-0.4, -0.2) is 35.9 Å². The number of carbonyl (C=O) groups is 3. The van der Waals surface area contributed by atoms with Gasteiger partial charge in [-0.15, -0.1) is 0 Å². The molecule has 0 radical (unpaired) electrons. The minimum atomic E-state index is -1.30. The van der Waals surface area contributed by atoms with Gasteiger partial charge in [-0.3, -0.25) is 19.7 Å². The molecule has 0 saturated carbocycles. The number of para-hydroxylation sites is 1. The molecule has 1 aliphatic carbocycles. The first-order chi connectivity index (χ1) is 12.0. The zero-order valence-corrected chi connectivity index (χ0v) is 13.4. The van der Waals surface area contributed by atoms with E-state index in [2.05, 4.69) is 0 Å². The summed E-state index contributed by atoms with van der Waals surface area (Å²) in [6.45, 7) is 1.62. The van der Waals surface area contributed by atoms with Gasteiger partial charge >= 0.3 is 11.9 Å². The first kappa shape index (κ1) is 16.8. The number of nitro benzene ring substituents is 1. The predicted octanol–water partition coefficient (Wildman–Crippen LogP) is 1.68. The summed E-state index contributed by atoms with van der Waals surface area (Å²) in [7, 11) is 0. The van der Waals surface area contributed by atoms with Crippen LogP contribution < -0.4 is 0 Å². The second-order valence-corrected chi connectivity index (χ2v) is 5.76. The second-order valence-electron chi connectivity index (χ2n) is 5.76. The Labute approximate surface area is 142 Å². The maximum atomic E-state index is 12.6. The van der Waals surface area contributed by atoms with Gasteiger partial charge in [0.1, 0.15) is 12.5 Å². The normalized spacial score (nSPS) is 22.4. The molecule has 1 aromatic carbocycles. The second kappa shape index (κ2) is 6.46. The van der Waals surface area contributed by atoms with Crippen molar-refractivity contribution in [2.75, 3.05) is 13.2 Å². The van der Waals surface area contributed by atoms with Crippen LogP contribution in [0.1, 0.15) is 24.8 Å². The Morgan fingerprint density at radius 2 is 2.08 bits per heavy atom. The van der Waals surface area contributed by atoms with Gasteiger partial charge in [0.05, 0.1) is 11.5 Å². The lowest BCUT2D eigenvalue weighted by Gasteiger charge is -2.28. The van der Waals surface area contributed by atoms with E-state index < -0.39 is 34.5 Å². The largest absolute Gasteiger partial charge is 0.465 e. The van der Waals surface area contributed by atoms with E-state index in [1.54, 1.807) is 13.0 Å². The number of benzene rings is 1.